The molecule has 0 saturated carbocycles. The molecule has 0 aromatic carbocycles. The quantitative estimate of drug-likeness (QED) is 0.402. The third kappa shape index (κ3) is 8.40. The van der Waals surface area contributed by atoms with Crippen LogP contribution >= 0.6 is 0 Å². The molecule has 0 radical (unpaired) electrons. The number of hydrogen-bond donors (Lipinski definition) is 1. The Kier molecular flexibility index (Phi) is 9.11. The van der Waals surface area contributed by atoms with Crippen molar-refractivity contribution in [2.75, 3.05) is 0 Å². The monoisotopic (exact) mass is 275 g/mol. The molecule has 0 unspecified atom stereocenters. The maximum absolute atomic E-state index is 11.5. The zero-order chi connectivity index (χ0) is 14.5. The fourth-order valence-electron chi connectivity index (χ4n) is 1.93. The average Bonchev–Trinajstić information content (AvgIpc) is 2.47. The molecule has 0 aliphatic heterocycles. The maximum Gasteiger partial charge on any atom is 0.240 e. The standard InChI is InChI=1S/C16H25N3O/c1-2-3-4-5-6-7-8-11-16(20)19-18-14-15-10-9-12-17-13-15/h9-10,12-14H,2-8,11H2,1H3,(H,19,20)/b18-14-. The highest BCUT2D eigenvalue weighted by Gasteiger charge is 1.99. The molecular weight excluding hydrogens is 250 g/mol. The second-order valence-corrected chi connectivity index (χ2v) is 4.95. The van der Waals surface area contributed by atoms with Crippen molar-refractivity contribution in [1.82, 2.24) is 10.4 Å². The average molecular weight is 275 g/mol. The number of nitrogens with zero attached hydrogens (tertiary/aromatic N) is 2. The number of carbonyl (C=O) groups is 1. The van der Waals surface area contributed by atoms with E-state index in [0.29, 0.717) is 6.42 Å². The molecule has 1 aromatic rings. The van der Waals surface area contributed by atoms with Gasteiger partial charge in [-0.1, -0.05) is 51.5 Å². The van der Waals surface area contributed by atoms with Crippen molar-refractivity contribution in [3.63, 3.8) is 0 Å². The summed E-state index contributed by atoms with van der Waals surface area (Å²) >= 11 is 0. The highest BCUT2D eigenvalue weighted by Crippen LogP contribution is 2.08. The number of unbranched alkanes of at least 4 members (excludes halogenated alkanes) is 6. The van der Waals surface area contributed by atoms with Gasteiger partial charge in [0.05, 0.1) is 6.21 Å². The molecule has 0 spiro atoms. The zero-order valence-electron chi connectivity index (χ0n) is 12.3. The Morgan fingerprint density at radius 1 is 1.25 bits per heavy atom. The van der Waals surface area contributed by atoms with Gasteiger partial charge < -0.3 is 0 Å². The van der Waals surface area contributed by atoms with Crippen LogP contribution in [0.5, 0.6) is 0 Å². The third-order valence-corrected chi connectivity index (χ3v) is 3.09. The van der Waals surface area contributed by atoms with E-state index < -0.39 is 0 Å². The number of amides is 1. The maximum atomic E-state index is 11.5. The lowest BCUT2D eigenvalue weighted by molar-refractivity contribution is -0.121. The summed E-state index contributed by atoms with van der Waals surface area (Å²) in [6, 6.07) is 3.72. The van der Waals surface area contributed by atoms with Crippen molar-refractivity contribution in [3.05, 3.63) is 30.1 Å². The smallest absolute Gasteiger partial charge is 0.240 e. The first kappa shape index (κ1) is 16.3. The van der Waals surface area contributed by atoms with E-state index in [0.717, 1.165) is 18.4 Å². The van der Waals surface area contributed by atoms with Crippen molar-refractivity contribution in [1.29, 1.82) is 0 Å². The molecule has 4 nitrogen and oxygen atoms in total. The number of carbonyl (C=O) groups excluding carboxylic acids is 1. The number of hydrazone groups is 1. The van der Waals surface area contributed by atoms with Crippen LogP contribution in [0.15, 0.2) is 29.6 Å². The Morgan fingerprint density at radius 3 is 2.70 bits per heavy atom. The molecule has 0 atom stereocenters. The Morgan fingerprint density at radius 2 is 2.00 bits per heavy atom. The van der Waals surface area contributed by atoms with Crippen LogP contribution in [0.4, 0.5) is 0 Å². The molecule has 0 saturated heterocycles. The summed E-state index contributed by atoms with van der Waals surface area (Å²) in [5, 5.41) is 3.92. The Balaban J connectivity index is 2.02. The molecular formula is C16H25N3O. The van der Waals surface area contributed by atoms with Gasteiger partial charge in [-0.3, -0.25) is 9.78 Å². The fraction of sp³-hybridized carbons (Fsp3) is 0.562. The van der Waals surface area contributed by atoms with E-state index in [-0.39, 0.29) is 5.91 Å². The summed E-state index contributed by atoms with van der Waals surface area (Å²) in [4.78, 5) is 15.5. The van der Waals surface area contributed by atoms with Gasteiger partial charge in [0.15, 0.2) is 0 Å². The molecule has 1 N–H and O–H groups in total. The summed E-state index contributed by atoms with van der Waals surface area (Å²) in [6.45, 7) is 2.22. The van der Waals surface area contributed by atoms with E-state index in [1.165, 1.54) is 32.1 Å². The molecule has 110 valence electrons. The third-order valence-electron chi connectivity index (χ3n) is 3.09. The van der Waals surface area contributed by atoms with Gasteiger partial charge in [0, 0.05) is 24.4 Å². The van der Waals surface area contributed by atoms with E-state index in [2.05, 4.69) is 22.4 Å². The summed E-state index contributed by atoms with van der Waals surface area (Å²) < 4.78 is 0. The highest BCUT2D eigenvalue weighted by atomic mass is 16.2. The van der Waals surface area contributed by atoms with Crippen molar-refractivity contribution in [3.8, 4) is 0 Å². The molecule has 1 aromatic heterocycles. The molecule has 1 rings (SSSR count). The van der Waals surface area contributed by atoms with Crippen molar-refractivity contribution in [2.24, 2.45) is 5.10 Å². The molecule has 0 aliphatic rings. The number of pyridine rings is 1. The number of rotatable bonds is 10. The largest absolute Gasteiger partial charge is 0.273 e. The van der Waals surface area contributed by atoms with Gasteiger partial charge in [-0.2, -0.15) is 5.10 Å². The predicted molar refractivity (Wildman–Crippen MR) is 82.6 cm³/mol. The first-order valence-electron chi connectivity index (χ1n) is 7.55. The minimum Gasteiger partial charge on any atom is -0.273 e. The van der Waals surface area contributed by atoms with Crippen molar-refractivity contribution >= 4 is 12.1 Å². The molecule has 0 aliphatic carbocycles. The zero-order valence-corrected chi connectivity index (χ0v) is 12.3. The second kappa shape index (κ2) is 11.1. The fourth-order valence-corrected chi connectivity index (χ4v) is 1.93. The molecule has 0 fully saturated rings. The number of aromatic nitrogens is 1. The lowest BCUT2D eigenvalue weighted by Gasteiger charge is -2.01. The Bertz CT molecular complexity index is 390. The van der Waals surface area contributed by atoms with Gasteiger partial charge >= 0.3 is 0 Å². The van der Waals surface area contributed by atoms with Crippen LogP contribution < -0.4 is 5.43 Å². The van der Waals surface area contributed by atoms with Crippen LogP contribution in [0.25, 0.3) is 0 Å². The lowest BCUT2D eigenvalue weighted by atomic mass is 10.1. The van der Waals surface area contributed by atoms with Crippen LogP contribution in [-0.4, -0.2) is 17.1 Å². The van der Waals surface area contributed by atoms with Crippen LogP contribution in [0.1, 0.15) is 63.9 Å². The molecule has 0 bridgehead atoms. The number of nitrogens with one attached hydrogen (secondary N) is 1. The van der Waals surface area contributed by atoms with Gasteiger partial charge in [0.1, 0.15) is 0 Å². The van der Waals surface area contributed by atoms with Crippen LogP contribution in [-0.2, 0) is 4.79 Å². The van der Waals surface area contributed by atoms with Crippen molar-refractivity contribution < 1.29 is 4.79 Å². The predicted octanol–water partition coefficient (Wildman–Crippen LogP) is 3.67. The SMILES string of the molecule is CCCCCCCCCC(=O)N/N=C\c1cccnc1. The van der Waals surface area contributed by atoms with E-state index >= 15 is 0 Å². The van der Waals surface area contributed by atoms with E-state index in [4.69, 9.17) is 0 Å². The van der Waals surface area contributed by atoms with Gasteiger partial charge in [0.25, 0.3) is 0 Å². The summed E-state index contributed by atoms with van der Waals surface area (Å²) in [6.07, 6.45) is 14.1. The minimum atomic E-state index is -0.0151. The van der Waals surface area contributed by atoms with Crippen LogP contribution in [0.3, 0.4) is 0 Å². The Hall–Kier alpha value is -1.71. The van der Waals surface area contributed by atoms with Gasteiger partial charge in [-0.15, -0.1) is 0 Å². The van der Waals surface area contributed by atoms with Gasteiger partial charge in [-0.25, -0.2) is 5.43 Å². The van der Waals surface area contributed by atoms with Crippen molar-refractivity contribution in [2.45, 2.75) is 58.3 Å². The molecule has 1 amide bonds. The summed E-state index contributed by atoms with van der Waals surface area (Å²) in [7, 11) is 0. The summed E-state index contributed by atoms with van der Waals surface area (Å²) in [5.74, 6) is -0.0151. The van der Waals surface area contributed by atoms with E-state index in [9.17, 15) is 4.79 Å². The Labute approximate surface area is 121 Å². The van der Waals surface area contributed by atoms with Crippen LogP contribution in [0.2, 0.25) is 0 Å². The van der Waals surface area contributed by atoms with Gasteiger partial charge in [-0.05, 0) is 12.5 Å². The molecule has 1 heterocycles. The first-order valence-corrected chi connectivity index (χ1v) is 7.55. The molecule has 4 heteroatoms. The first-order chi connectivity index (χ1) is 9.83. The van der Waals surface area contributed by atoms with E-state index in [1.807, 2.05) is 12.1 Å². The minimum absolute atomic E-state index is 0.0151. The highest BCUT2D eigenvalue weighted by molar-refractivity contribution is 5.81. The number of hydrogen-bond acceptors (Lipinski definition) is 3. The summed E-state index contributed by atoms with van der Waals surface area (Å²) in [5.41, 5.74) is 3.42. The normalized spacial score (nSPS) is 10.8. The lowest BCUT2D eigenvalue weighted by Crippen LogP contribution is -2.16. The second-order valence-electron chi connectivity index (χ2n) is 4.95. The van der Waals surface area contributed by atoms with Crippen LogP contribution in [0, 0.1) is 0 Å². The van der Waals surface area contributed by atoms with E-state index in [1.54, 1.807) is 18.6 Å². The molecule has 20 heavy (non-hydrogen) atoms. The topological polar surface area (TPSA) is 54.4 Å². The van der Waals surface area contributed by atoms with Gasteiger partial charge in [0.2, 0.25) is 5.91 Å².